The molecule has 3 aromatic heterocycles. The van der Waals surface area contributed by atoms with Crippen molar-refractivity contribution in [1.29, 1.82) is 0 Å². The van der Waals surface area contributed by atoms with Crippen molar-refractivity contribution in [2.24, 2.45) is 0 Å². The molecule has 0 spiro atoms. The molecule has 5 aromatic rings. The van der Waals surface area contributed by atoms with Crippen molar-refractivity contribution in [3.63, 3.8) is 0 Å². The molecule has 0 aliphatic carbocycles. The van der Waals surface area contributed by atoms with E-state index in [2.05, 4.69) is 5.10 Å². The molecule has 2 aromatic carbocycles. The molecule has 0 radical (unpaired) electrons. The molecule has 0 bridgehead atoms. The highest BCUT2D eigenvalue weighted by atomic mass is 16.6. The molecule has 0 saturated heterocycles. The molecule has 0 fully saturated rings. The van der Waals surface area contributed by atoms with Gasteiger partial charge < -0.3 is 9.47 Å². The molecule has 0 aliphatic rings. The third kappa shape index (κ3) is 5.28. The van der Waals surface area contributed by atoms with Crippen molar-refractivity contribution in [1.82, 2.24) is 19.4 Å². The highest BCUT2D eigenvalue weighted by Crippen LogP contribution is 2.35. The normalized spacial score (nSPS) is 11.1. The van der Waals surface area contributed by atoms with Crippen molar-refractivity contribution < 1.29 is 14.3 Å². The molecule has 0 atom stereocenters. The maximum atomic E-state index is 12.4. The molecule has 186 valence electrons. The number of hydrogen-bond acceptors (Lipinski definition) is 6. The van der Waals surface area contributed by atoms with Crippen molar-refractivity contribution in [3.8, 4) is 28.3 Å². The summed E-state index contributed by atoms with van der Waals surface area (Å²) in [6.07, 6.45) is 1.77. The average molecular weight is 495 g/mol. The molecule has 0 N–H and O–H groups in total. The molecular weight excluding hydrogens is 468 g/mol. The Morgan fingerprint density at radius 1 is 0.919 bits per heavy atom. The lowest BCUT2D eigenvalue weighted by atomic mass is 10.0. The van der Waals surface area contributed by atoms with Crippen LogP contribution in [0.2, 0.25) is 0 Å². The minimum Gasteiger partial charge on any atom is -0.482 e. The first-order valence-corrected chi connectivity index (χ1v) is 12.0. The molecule has 0 aliphatic heterocycles. The van der Waals surface area contributed by atoms with Gasteiger partial charge in [-0.05, 0) is 31.5 Å². The molecule has 0 unspecified atom stereocenters. The van der Waals surface area contributed by atoms with Crippen molar-refractivity contribution in [2.75, 3.05) is 6.61 Å². The van der Waals surface area contributed by atoms with Crippen LogP contribution in [0.3, 0.4) is 0 Å². The van der Waals surface area contributed by atoms with Gasteiger partial charge in [-0.3, -0.25) is 4.79 Å². The van der Waals surface area contributed by atoms with Gasteiger partial charge in [0.2, 0.25) is 0 Å². The molecule has 8 nitrogen and oxygen atoms in total. The summed E-state index contributed by atoms with van der Waals surface area (Å²) in [5, 5.41) is 9.44. The lowest BCUT2D eigenvalue weighted by Gasteiger charge is -2.11. The zero-order valence-electron chi connectivity index (χ0n) is 20.6. The van der Waals surface area contributed by atoms with Gasteiger partial charge in [-0.1, -0.05) is 60.7 Å². The fraction of sp³-hybridized carbons (Fsp3) is 0.172. The van der Waals surface area contributed by atoms with Crippen LogP contribution in [-0.2, 0) is 16.1 Å². The van der Waals surface area contributed by atoms with Gasteiger partial charge in [0.1, 0.15) is 18.1 Å². The van der Waals surface area contributed by atoms with Gasteiger partial charge in [0.05, 0.1) is 22.8 Å². The van der Waals surface area contributed by atoms with Crippen molar-refractivity contribution in [3.05, 3.63) is 107 Å². The highest BCUT2D eigenvalue weighted by Gasteiger charge is 2.20. The van der Waals surface area contributed by atoms with E-state index in [1.165, 1.54) is 10.7 Å². The van der Waals surface area contributed by atoms with Crippen LogP contribution < -0.4 is 10.3 Å². The summed E-state index contributed by atoms with van der Waals surface area (Å²) in [7, 11) is 0. The van der Waals surface area contributed by atoms with E-state index in [0.29, 0.717) is 11.4 Å². The average Bonchev–Trinajstić information content (AvgIpc) is 3.31. The number of rotatable bonds is 8. The zero-order valence-corrected chi connectivity index (χ0v) is 20.6. The van der Waals surface area contributed by atoms with Crippen molar-refractivity contribution in [2.45, 2.75) is 26.5 Å². The van der Waals surface area contributed by atoms with Crippen LogP contribution in [0.4, 0.5) is 0 Å². The number of carbonyl (C=O) groups is 1. The van der Waals surface area contributed by atoms with Gasteiger partial charge in [-0.15, -0.1) is 0 Å². The smallest absolute Gasteiger partial charge is 0.344 e. The fourth-order valence-corrected chi connectivity index (χ4v) is 4.02. The number of pyridine rings is 1. The zero-order chi connectivity index (χ0) is 25.8. The lowest BCUT2D eigenvalue weighted by Crippen LogP contribution is -2.23. The van der Waals surface area contributed by atoms with E-state index in [4.69, 9.17) is 14.6 Å². The standard InChI is InChI=1S/C29H26N4O4/c1-20(2)33-26(34)14-13-24(30-33)28-25-17-23(36-19-27(35)37-18-21-9-5-3-6-10-21)15-16-32(25)31-29(28)22-11-7-4-8-12-22/h3-17,20H,18-19H2,1-2H3. The summed E-state index contributed by atoms with van der Waals surface area (Å²) in [6.45, 7) is 3.78. The van der Waals surface area contributed by atoms with E-state index in [9.17, 15) is 9.59 Å². The van der Waals surface area contributed by atoms with E-state index >= 15 is 0 Å². The molecule has 37 heavy (non-hydrogen) atoms. The Balaban J connectivity index is 1.47. The van der Waals surface area contributed by atoms with Crippen molar-refractivity contribution >= 4 is 11.5 Å². The second-order valence-corrected chi connectivity index (χ2v) is 8.81. The summed E-state index contributed by atoms with van der Waals surface area (Å²) >= 11 is 0. The SMILES string of the molecule is CC(C)n1nc(-c2c(-c3ccccc3)nn3ccc(OCC(=O)OCc4ccccc4)cc23)ccc1=O. The second kappa shape index (κ2) is 10.5. The third-order valence-corrected chi connectivity index (χ3v) is 5.82. The van der Waals surface area contributed by atoms with Gasteiger partial charge in [0.25, 0.3) is 5.56 Å². The Labute approximate surface area is 213 Å². The number of carbonyl (C=O) groups excluding carboxylic acids is 1. The first-order valence-electron chi connectivity index (χ1n) is 12.0. The van der Waals surface area contributed by atoms with Crippen LogP contribution in [0.5, 0.6) is 5.75 Å². The monoisotopic (exact) mass is 494 g/mol. The summed E-state index contributed by atoms with van der Waals surface area (Å²) < 4.78 is 14.3. The number of esters is 1. The quantitative estimate of drug-likeness (QED) is 0.284. The predicted octanol–water partition coefficient (Wildman–Crippen LogP) is 4.93. The second-order valence-electron chi connectivity index (χ2n) is 8.81. The van der Waals surface area contributed by atoms with Crippen LogP contribution >= 0.6 is 0 Å². The Morgan fingerprint density at radius 2 is 1.65 bits per heavy atom. The topological polar surface area (TPSA) is 87.7 Å². The predicted molar refractivity (Wildman–Crippen MR) is 140 cm³/mol. The molecule has 0 amide bonds. The Hall–Kier alpha value is -4.72. The largest absolute Gasteiger partial charge is 0.482 e. The number of nitrogens with zero attached hydrogens (tertiary/aromatic N) is 4. The van der Waals surface area contributed by atoms with Crippen LogP contribution in [0.25, 0.3) is 28.0 Å². The third-order valence-electron chi connectivity index (χ3n) is 5.82. The maximum Gasteiger partial charge on any atom is 0.344 e. The Kier molecular flexibility index (Phi) is 6.81. The number of fused-ring (bicyclic) bond motifs is 1. The van der Waals surface area contributed by atoms with Crippen LogP contribution in [0, 0.1) is 0 Å². The van der Waals surface area contributed by atoms with E-state index in [1.807, 2.05) is 80.6 Å². The van der Waals surface area contributed by atoms with Gasteiger partial charge in [0.15, 0.2) is 6.61 Å². The van der Waals surface area contributed by atoms with Crippen LogP contribution in [-0.4, -0.2) is 32.0 Å². The molecule has 5 rings (SSSR count). The molecule has 0 saturated carbocycles. The molecular formula is C29H26N4O4. The lowest BCUT2D eigenvalue weighted by molar-refractivity contribution is -0.147. The summed E-state index contributed by atoms with van der Waals surface area (Å²) in [6, 6.07) is 25.9. The molecule has 8 heteroatoms. The van der Waals surface area contributed by atoms with Gasteiger partial charge in [0, 0.05) is 23.9 Å². The minimum atomic E-state index is -0.465. The van der Waals surface area contributed by atoms with E-state index in [0.717, 1.165) is 27.9 Å². The Bertz CT molecular complexity index is 1590. The van der Waals surface area contributed by atoms with E-state index in [1.54, 1.807) is 22.8 Å². The number of ether oxygens (including phenoxy) is 2. The number of aromatic nitrogens is 4. The number of benzene rings is 2. The number of hydrogen-bond donors (Lipinski definition) is 0. The Morgan fingerprint density at radius 3 is 2.38 bits per heavy atom. The highest BCUT2D eigenvalue weighted by molar-refractivity contribution is 5.91. The van der Waals surface area contributed by atoms with Gasteiger partial charge in [-0.25, -0.2) is 14.0 Å². The van der Waals surface area contributed by atoms with Gasteiger partial charge in [-0.2, -0.15) is 10.2 Å². The van der Waals surface area contributed by atoms with Crippen LogP contribution in [0.15, 0.2) is 95.9 Å². The van der Waals surface area contributed by atoms with Gasteiger partial charge >= 0.3 is 5.97 Å². The van der Waals surface area contributed by atoms with Crippen LogP contribution in [0.1, 0.15) is 25.5 Å². The maximum absolute atomic E-state index is 12.4. The summed E-state index contributed by atoms with van der Waals surface area (Å²) in [5.41, 5.74) is 4.48. The summed E-state index contributed by atoms with van der Waals surface area (Å²) in [5.74, 6) is 0.0233. The first-order chi connectivity index (χ1) is 18.0. The van der Waals surface area contributed by atoms with E-state index < -0.39 is 5.97 Å². The van der Waals surface area contributed by atoms with E-state index in [-0.39, 0.29) is 24.8 Å². The fourth-order valence-electron chi connectivity index (χ4n) is 4.02. The molecule has 3 heterocycles. The summed E-state index contributed by atoms with van der Waals surface area (Å²) in [4.78, 5) is 24.6. The minimum absolute atomic E-state index is 0.102. The first kappa shape index (κ1) is 24.0.